The molecule has 0 aliphatic heterocycles. The van der Waals surface area contributed by atoms with Crippen LogP contribution in [0.2, 0.25) is 0 Å². The molecule has 24 heavy (non-hydrogen) atoms. The molecule has 7 heteroatoms. The topological polar surface area (TPSA) is 81.4 Å². The molecule has 0 bridgehead atoms. The van der Waals surface area contributed by atoms with E-state index in [1.54, 1.807) is 11.8 Å². The van der Waals surface area contributed by atoms with Gasteiger partial charge in [0, 0.05) is 0 Å². The number of benzene rings is 2. The average Bonchev–Trinajstić information content (AvgIpc) is 3.03. The van der Waals surface area contributed by atoms with E-state index in [-0.39, 0.29) is 12.5 Å². The zero-order valence-corrected chi connectivity index (χ0v) is 13.4. The molecule has 0 atom stereocenters. The molecule has 7 nitrogen and oxygen atoms in total. The van der Waals surface area contributed by atoms with E-state index in [1.807, 2.05) is 55.5 Å². The summed E-state index contributed by atoms with van der Waals surface area (Å²) in [6.07, 6.45) is 0. The SMILES string of the molecule is COc1ccc(/C(C)=N/NC(=O)Cn2nnc3ccccc32)cc1. The van der Waals surface area contributed by atoms with Crippen LogP contribution in [-0.4, -0.2) is 33.7 Å². The van der Waals surface area contributed by atoms with Crippen LogP contribution in [0.1, 0.15) is 12.5 Å². The fraction of sp³-hybridized carbons (Fsp3) is 0.176. The number of hydrazone groups is 1. The van der Waals surface area contributed by atoms with E-state index in [0.29, 0.717) is 5.71 Å². The summed E-state index contributed by atoms with van der Waals surface area (Å²) in [6.45, 7) is 1.88. The minimum absolute atomic E-state index is 0.0555. The van der Waals surface area contributed by atoms with Gasteiger partial charge in [0.1, 0.15) is 17.8 Å². The van der Waals surface area contributed by atoms with Crippen molar-refractivity contribution in [3.8, 4) is 5.75 Å². The van der Waals surface area contributed by atoms with Crippen LogP contribution in [0.4, 0.5) is 0 Å². The van der Waals surface area contributed by atoms with E-state index < -0.39 is 0 Å². The van der Waals surface area contributed by atoms with Crippen LogP contribution in [0, 0.1) is 0 Å². The summed E-state index contributed by atoms with van der Waals surface area (Å²) in [5, 5.41) is 12.1. The van der Waals surface area contributed by atoms with E-state index in [1.165, 1.54) is 0 Å². The minimum atomic E-state index is -0.265. The fourth-order valence-electron chi connectivity index (χ4n) is 2.25. The highest BCUT2D eigenvalue weighted by molar-refractivity contribution is 5.99. The van der Waals surface area contributed by atoms with Crippen LogP contribution in [0.3, 0.4) is 0 Å². The summed E-state index contributed by atoms with van der Waals surface area (Å²) < 4.78 is 6.66. The quantitative estimate of drug-likeness (QED) is 0.575. The van der Waals surface area contributed by atoms with E-state index >= 15 is 0 Å². The van der Waals surface area contributed by atoms with Gasteiger partial charge in [-0.15, -0.1) is 5.10 Å². The minimum Gasteiger partial charge on any atom is -0.497 e. The summed E-state index contributed by atoms with van der Waals surface area (Å²) in [5.74, 6) is 0.507. The van der Waals surface area contributed by atoms with Crippen molar-refractivity contribution < 1.29 is 9.53 Å². The Labute approximate surface area is 138 Å². The number of para-hydroxylation sites is 1. The van der Waals surface area contributed by atoms with Crippen LogP contribution in [0.25, 0.3) is 11.0 Å². The van der Waals surface area contributed by atoms with Gasteiger partial charge in [0.15, 0.2) is 0 Å². The van der Waals surface area contributed by atoms with Crippen molar-refractivity contribution in [1.82, 2.24) is 20.4 Å². The molecule has 3 rings (SSSR count). The lowest BCUT2D eigenvalue weighted by Gasteiger charge is -2.05. The summed E-state index contributed by atoms with van der Waals surface area (Å²) >= 11 is 0. The van der Waals surface area contributed by atoms with Gasteiger partial charge in [-0.1, -0.05) is 17.3 Å². The smallest absolute Gasteiger partial charge is 0.261 e. The molecule has 0 saturated heterocycles. The van der Waals surface area contributed by atoms with Crippen molar-refractivity contribution in [2.75, 3.05) is 7.11 Å². The van der Waals surface area contributed by atoms with E-state index in [9.17, 15) is 4.79 Å². The van der Waals surface area contributed by atoms with Crippen molar-refractivity contribution in [3.63, 3.8) is 0 Å². The number of hydrogen-bond donors (Lipinski definition) is 1. The fourth-order valence-corrected chi connectivity index (χ4v) is 2.25. The number of fused-ring (bicyclic) bond motifs is 1. The molecule has 122 valence electrons. The molecule has 2 aromatic carbocycles. The van der Waals surface area contributed by atoms with Gasteiger partial charge in [0.25, 0.3) is 5.91 Å². The molecule has 0 radical (unpaired) electrons. The number of amides is 1. The molecule has 3 aromatic rings. The van der Waals surface area contributed by atoms with Gasteiger partial charge in [-0.05, 0) is 48.9 Å². The monoisotopic (exact) mass is 323 g/mol. The maximum Gasteiger partial charge on any atom is 0.261 e. The summed E-state index contributed by atoms with van der Waals surface area (Å²) in [4.78, 5) is 12.1. The number of nitrogens with one attached hydrogen (secondary N) is 1. The Kier molecular flexibility index (Phi) is 4.51. The first kappa shape index (κ1) is 15.7. The Morgan fingerprint density at radius 3 is 2.71 bits per heavy atom. The molecule has 0 unspecified atom stereocenters. The van der Waals surface area contributed by atoms with Crippen molar-refractivity contribution in [3.05, 3.63) is 54.1 Å². The van der Waals surface area contributed by atoms with Crippen molar-refractivity contribution >= 4 is 22.7 Å². The van der Waals surface area contributed by atoms with Gasteiger partial charge in [-0.2, -0.15) is 5.10 Å². The molecular weight excluding hydrogens is 306 g/mol. The molecule has 0 aliphatic carbocycles. The summed E-state index contributed by atoms with van der Waals surface area (Å²) in [7, 11) is 1.62. The van der Waals surface area contributed by atoms with Gasteiger partial charge in [-0.25, -0.2) is 10.1 Å². The number of hydrogen-bond acceptors (Lipinski definition) is 5. The second kappa shape index (κ2) is 6.91. The largest absolute Gasteiger partial charge is 0.497 e. The number of nitrogens with zero attached hydrogens (tertiary/aromatic N) is 4. The highest BCUT2D eigenvalue weighted by atomic mass is 16.5. The highest BCUT2D eigenvalue weighted by Gasteiger charge is 2.08. The van der Waals surface area contributed by atoms with Crippen LogP contribution in [-0.2, 0) is 11.3 Å². The second-order valence-electron chi connectivity index (χ2n) is 5.20. The third-order valence-electron chi connectivity index (χ3n) is 3.57. The lowest BCUT2D eigenvalue weighted by atomic mass is 10.1. The highest BCUT2D eigenvalue weighted by Crippen LogP contribution is 2.12. The number of aromatic nitrogens is 3. The third-order valence-corrected chi connectivity index (χ3v) is 3.57. The first-order chi connectivity index (χ1) is 11.7. The van der Waals surface area contributed by atoms with Crippen LogP contribution >= 0.6 is 0 Å². The molecular formula is C17H17N5O2. The molecule has 0 aliphatic rings. The number of ether oxygens (including phenoxy) is 1. The zero-order chi connectivity index (χ0) is 16.9. The van der Waals surface area contributed by atoms with Crippen molar-refractivity contribution in [1.29, 1.82) is 0 Å². The molecule has 1 N–H and O–H groups in total. The third kappa shape index (κ3) is 3.40. The number of rotatable bonds is 5. The standard InChI is InChI=1S/C17H17N5O2/c1-12(13-7-9-14(24-2)10-8-13)18-20-17(23)11-22-16-6-4-3-5-15(16)19-21-22/h3-10H,11H2,1-2H3,(H,20,23)/b18-12+. The molecule has 0 spiro atoms. The predicted octanol–water partition coefficient (Wildman–Crippen LogP) is 1.98. The maximum absolute atomic E-state index is 12.1. The first-order valence-electron chi connectivity index (χ1n) is 7.43. The predicted molar refractivity (Wildman–Crippen MR) is 90.9 cm³/mol. The number of methoxy groups -OCH3 is 1. The Morgan fingerprint density at radius 1 is 1.21 bits per heavy atom. The van der Waals surface area contributed by atoms with E-state index in [0.717, 1.165) is 22.3 Å². The average molecular weight is 323 g/mol. The Hall–Kier alpha value is -3.22. The van der Waals surface area contributed by atoms with Gasteiger partial charge in [0.2, 0.25) is 0 Å². The Bertz CT molecular complexity index is 883. The zero-order valence-electron chi connectivity index (χ0n) is 13.4. The van der Waals surface area contributed by atoms with Crippen molar-refractivity contribution in [2.45, 2.75) is 13.5 Å². The lowest BCUT2D eigenvalue weighted by Crippen LogP contribution is -2.24. The first-order valence-corrected chi connectivity index (χ1v) is 7.43. The van der Waals surface area contributed by atoms with E-state index in [2.05, 4.69) is 20.8 Å². The second-order valence-corrected chi connectivity index (χ2v) is 5.20. The lowest BCUT2D eigenvalue weighted by molar-refractivity contribution is -0.121. The van der Waals surface area contributed by atoms with E-state index in [4.69, 9.17) is 4.74 Å². The van der Waals surface area contributed by atoms with Crippen LogP contribution in [0.15, 0.2) is 53.6 Å². The van der Waals surface area contributed by atoms with Crippen LogP contribution < -0.4 is 10.2 Å². The normalized spacial score (nSPS) is 11.5. The summed E-state index contributed by atoms with van der Waals surface area (Å²) in [6, 6.07) is 14.9. The Morgan fingerprint density at radius 2 is 1.96 bits per heavy atom. The summed E-state index contributed by atoms with van der Waals surface area (Å²) in [5.41, 5.74) is 5.71. The maximum atomic E-state index is 12.1. The molecule has 0 fully saturated rings. The molecule has 0 saturated carbocycles. The number of carbonyl (C=O) groups excluding carboxylic acids is 1. The number of carbonyl (C=O) groups is 1. The molecule has 1 amide bonds. The molecule has 1 heterocycles. The van der Waals surface area contributed by atoms with Gasteiger partial charge in [0.05, 0.1) is 18.3 Å². The van der Waals surface area contributed by atoms with Gasteiger partial charge < -0.3 is 4.74 Å². The molecule has 1 aromatic heterocycles. The van der Waals surface area contributed by atoms with Crippen LogP contribution in [0.5, 0.6) is 5.75 Å². The van der Waals surface area contributed by atoms with Crippen molar-refractivity contribution in [2.24, 2.45) is 5.10 Å². The van der Waals surface area contributed by atoms with Gasteiger partial charge in [-0.3, -0.25) is 4.79 Å². The van der Waals surface area contributed by atoms with Gasteiger partial charge >= 0.3 is 0 Å². The Balaban J connectivity index is 1.65.